The van der Waals surface area contributed by atoms with Crippen LogP contribution in [0.2, 0.25) is 0 Å². The number of aromatic amines is 2. The number of hydrogen-bond donors (Lipinski definition) is 4. The molecular weight excluding hydrogens is 548 g/mol. The van der Waals surface area contributed by atoms with Gasteiger partial charge in [0.1, 0.15) is 11.4 Å². The van der Waals surface area contributed by atoms with Gasteiger partial charge in [0.25, 0.3) is 5.56 Å². The van der Waals surface area contributed by atoms with Gasteiger partial charge in [0.05, 0.1) is 29.4 Å². The first kappa shape index (κ1) is 26.4. The number of aliphatic hydroxyl groups excluding tert-OH is 1. The first-order valence-corrected chi connectivity index (χ1v) is 13.6. The lowest BCUT2D eigenvalue weighted by molar-refractivity contribution is 0.144. The lowest BCUT2D eigenvalue weighted by Gasteiger charge is -2.36. The predicted molar refractivity (Wildman–Crippen MR) is 155 cm³/mol. The number of benzene rings is 2. The molecule has 4 aromatic rings. The molecule has 5 rings (SSSR count). The summed E-state index contributed by atoms with van der Waals surface area (Å²) in [6.07, 6.45) is 0.855. The molecule has 2 aromatic heterocycles. The van der Waals surface area contributed by atoms with Gasteiger partial charge in [-0.1, -0.05) is 28.1 Å². The van der Waals surface area contributed by atoms with E-state index in [-0.39, 0.29) is 12.1 Å². The summed E-state index contributed by atoms with van der Waals surface area (Å²) >= 11 is 3.44. The third-order valence-corrected chi connectivity index (χ3v) is 7.52. The minimum atomic E-state index is -0.741. The largest absolute Gasteiger partial charge is 0.387 e. The Bertz CT molecular complexity index is 1460. The number of piperazine rings is 1. The SMILES string of the molecule is COCCN1CCN(c2cc(C)c3nc(-c4c(NC[C@@H](O)c5cccc(Br)c5)cc[nH]c4=O)[nH]c3c2)CC1. The van der Waals surface area contributed by atoms with Crippen molar-refractivity contribution in [3.63, 3.8) is 0 Å². The summed E-state index contributed by atoms with van der Waals surface area (Å²) in [4.78, 5) is 28.7. The zero-order valence-electron chi connectivity index (χ0n) is 21.6. The van der Waals surface area contributed by atoms with Gasteiger partial charge in [-0.05, 0) is 48.4 Å². The molecule has 200 valence electrons. The number of aryl methyl sites for hydroxylation is 1. The maximum absolute atomic E-state index is 12.9. The van der Waals surface area contributed by atoms with Crippen molar-refractivity contribution in [3.8, 4) is 11.4 Å². The second-order valence-electron chi connectivity index (χ2n) is 9.61. The number of aromatic nitrogens is 3. The highest BCUT2D eigenvalue weighted by Crippen LogP contribution is 2.30. The van der Waals surface area contributed by atoms with Gasteiger partial charge in [-0.25, -0.2) is 4.98 Å². The summed E-state index contributed by atoms with van der Waals surface area (Å²) in [5, 5.41) is 13.9. The number of rotatable bonds is 9. The zero-order chi connectivity index (χ0) is 26.6. The Balaban J connectivity index is 1.38. The van der Waals surface area contributed by atoms with E-state index in [4.69, 9.17) is 9.72 Å². The van der Waals surface area contributed by atoms with Crippen molar-refractivity contribution in [1.82, 2.24) is 19.9 Å². The number of hydrogen-bond acceptors (Lipinski definition) is 7. The van der Waals surface area contributed by atoms with Crippen LogP contribution >= 0.6 is 15.9 Å². The molecule has 1 aliphatic rings. The molecule has 0 radical (unpaired) electrons. The summed E-state index contributed by atoms with van der Waals surface area (Å²) in [7, 11) is 1.74. The number of anilines is 2. The van der Waals surface area contributed by atoms with Crippen molar-refractivity contribution >= 4 is 38.3 Å². The van der Waals surface area contributed by atoms with Gasteiger partial charge >= 0.3 is 0 Å². The van der Waals surface area contributed by atoms with Crippen LogP contribution in [0.15, 0.2) is 57.9 Å². The Kier molecular flexibility index (Phi) is 8.13. The second-order valence-corrected chi connectivity index (χ2v) is 10.5. The summed E-state index contributed by atoms with van der Waals surface area (Å²) in [5.74, 6) is 0.492. The van der Waals surface area contributed by atoms with Crippen LogP contribution in [0.5, 0.6) is 0 Å². The maximum Gasteiger partial charge on any atom is 0.261 e. The molecule has 0 unspecified atom stereocenters. The molecular formula is C28H33BrN6O3. The van der Waals surface area contributed by atoms with Crippen molar-refractivity contribution in [2.75, 3.05) is 63.2 Å². The average molecular weight is 582 g/mol. The standard InChI is InChI=1S/C28H33BrN6O3/c1-18-14-21(35-10-8-34(9-11-35)12-13-38-2)16-23-26(18)33-27(32-23)25-22(6-7-30-28(25)37)31-17-24(36)19-4-3-5-20(29)15-19/h3-7,14-16,24,36H,8-13,17H2,1-2H3,(H,32,33)(H2,30,31,37)/t24-/m1/s1. The van der Waals surface area contributed by atoms with Gasteiger partial charge in [-0.3, -0.25) is 9.69 Å². The zero-order valence-corrected chi connectivity index (χ0v) is 23.2. The van der Waals surface area contributed by atoms with E-state index in [0.29, 0.717) is 17.1 Å². The van der Waals surface area contributed by atoms with Gasteiger partial charge in [-0.15, -0.1) is 0 Å². The van der Waals surface area contributed by atoms with Crippen LogP contribution in [0.1, 0.15) is 17.2 Å². The van der Waals surface area contributed by atoms with E-state index in [1.54, 1.807) is 19.4 Å². The first-order chi connectivity index (χ1) is 18.4. The normalized spacial score (nSPS) is 15.2. The number of nitrogens with zero attached hydrogens (tertiary/aromatic N) is 3. The number of H-pyrrole nitrogens is 2. The second kappa shape index (κ2) is 11.7. The quantitative estimate of drug-likeness (QED) is 0.238. The molecule has 0 spiro atoms. The molecule has 1 saturated heterocycles. The smallest absolute Gasteiger partial charge is 0.261 e. The summed E-state index contributed by atoms with van der Waals surface area (Å²) < 4.78 is 6.12. The Morgan fingerprint density at radius 3 is 2.76 bits per heavy atom. The first-order valence-electron chi connectivity index (χ1n) is 12.8. The minimum absolute atomic E-state index is 0.243. The van der Waals surface area contributed by atoms with Crippen LogP contribution in [0, 0.1) is 6.92 Å². The Morgan fingerprint density at radius 1 is 1.18 bits per heavy atom. The third kappa shape index (κ3) is 5.78. The van der Waals surface area contributed by atoms with Crippen LogP contribution in [-0.4, -0.2) is 77.9 Å². The molecule has 0 bridgehead atoms. The van der Waals surface area contributed by atoms with Crippen LogP contribution in [0.4, 0.5) is 11.4 Å². The lowest BCUT2D eigenvalue weighted by Crippen LogP contribution is -2.47. The van der Waals surface area contributed by atoms with Crippen LogP contribution in [0.25, 0.3) is 22.4 Å². The van der Waals surface area contributed by atoms with Gasteiger partial charge in [-0.2, -0.15) is 0 Å². The molecule has 1 fully saturated rings. The monoisotopic (exact) mass is 580 g/mol. The molecule has 0 saturated carbocycles. The van der Waals surface area contributed by atoms with Crippen molar-refractivity contribution in [2.45, 2.75) is 13.0 Å². The predicted octanol–water partition coefficient (Wildman–Crippen LogP) is 3.90. The Morgan fingerprint density at radius 2 is 2.00 bits per heavy atom. The molecule has 38 heavy (non-hydrogen) atoms. The topological polar surface area (TPSA) is 110 Å². The molecule has 2 aromatic carbocycles. The Hall–Kier alpha value is -3.18. The highest BCUT2D eigenvalue weighted by molar-refractivity contribution is 9.10. The molecule has 0 aliphatic carbocycles. The lowest BCUT2D eigenvalue weighted by atomic mass is 10.1. The van der Waals surface area contributed by atoms with Gasteiger partial charge < -0.3 is 30.0 Å². The van der Waals surface area contributed by atoms with Gasteiger partial charge in [0.2, 0.25) is 0 Å². The van der Waals surface area contributed by atoms with E-state index < -0.39 is 6.10 Å². The highest BCUT2D eigenvalue weighted by Gasteiger charge is 2.20. The molecule has 1 atom stereocenters. The highest BCUT2D eigenvalue weighted by atomic mass is 79.9. The average Bonchev–Trinajstić information content (AvgIpc) is 3.35. The molecule has 3 heterocycles. The van der Waals surface area contributed by atoms with Gasteiger partial charge in [0, 0.05) is 62.7 Å². The summed E-state index contributed by atoms with van der Waals surface area (Å²) in [6.45, 7) is 7.88. The number of pyridine rings is 1. The van der Waals surface area contributed by atoms with Crippen LogP contribution < -0.4 is 15.8 Å². The van der Waals surface area contributed by atoms with Crippen molar-refractivity contribution in [3.05, 3.63) is 74.6 Å². The summed E-state index contributed by atoms with van der Waals surface area (Å²) in [6, 6.07) is 13.6. The fourth-order valence-corrected chi connectivity index (χ4v) is 5.34. The van der Waals surface area contributed by atoms with E-state index in [0.717, 1.165) is 71.7 Å². The van der Waals surface area contributed by atoms with E-state index in [2.05, 4.69) is 53.1 Å². The number of methoxy groups -OCH3 is 1. The number of fused-ring (bicyclic) bond motifs is 1. The maximum atomic E-state index is 12.9. The van der Waals surface area contributed by atoms with Gasteiger partial charge in [0.15, 0.2) is 0 Å². The van der Waals surface area contributed by atoms with E-state index in [1.807, 2.05) is 31.2 Å². The fraction of sp³-hybridized carbons (Fsp3) is 0.357. The molecule has 4 N–H and O–H groups in total. The fourth-order valence-electron chi connectivity index (χ4n) is 4.92. The molecule has 9 nitrogen and oxygen atoms in total. The number of nitrogens with one attached hydrogen (secondary N) is 3. The number of imidazole rings is 1. The van der Waals surface area contributed by atoms with E-state index in [1.165, 1.54) is 0 Å². The molecule has 1 aliphatic heterocycles. The van der Waals surface area contributed by atoms with Crippen molar-refractivity contribution in [1.29, 1.82) is 0 Å². The number of ether oxygens (including phenoxy) is 1. The Labute approximate surface area is 230 Å². The van der Waals surface area contributed by atoms with Crippen LogP contribution in [0.3, 0.4) is 0 Å². The third-order valence-electron chi connectivity index (χ3n) is 7.03. The molecule has 10 heteroatoms. The van der Waals surface area contributed by atoms with Crippen molar-refractivity contribution in [2.24, 2.45) is 0 Å². The van der Waals surface area contributed by atoms with Crippen LogP contribution in [-0.2, 0) is 4.74 Å². The van der Waals surface area contributed by atoms with E-state index >= 15 is 0 Å². The van der Waals surface area contributed by atoms with Crippen molar-refractivity contribution < 1.29 is 9.84 Å². The summed E-state index contributed by atoms with van der Waals surface area (Å²) in [5.41, 5.74) is 5.47. The minimum Gasteiger partial charge on any atom is -0.387 e. The molecule has 0 amide bonds. The number of halogens is 1. The number of aliphatic hydroxyl groups is 1. The van der Waals surface area contributed by atoms with E-state index in [9.17, 15) is 9.90 Å².